The summed E-state index contributed by atoms with van der Waals surface area (Å²) in [6.07, 6.45) is 2.37. The molecule has 0 heterocycles. The van der Waals surface area contributed by atoms with Gasteiger partial charge in [-0.1, -0.05) is 19.9 Å². The summed E-state index contributed by atoms with van der Waals surface area (Å²) in [5, 5.41) is 3.51. The second kappa shape index (κ2) is 5.47. The van der Waals surface area contributed by atoms with Crippen molar-refractivity contribution in [3.63, 3.8) is 0 Å². The highest BCUT2D eigenvalue weighted by molar-refractivity contribution is 14.1. The van der Waals surface area contributed by atoms with Crippen LogP contribution >= 0.6 is 22.6 Å². The van der Waals surface area contributed by atoms with Crippen molar-refractivity contribution in [1.29, 1.82) is 0 Å². The highest BCUT2D eigenvalue weighted by Gasteiger charge is 2.02. The van der Waals surface area contributed by atoms with Crippen molar-refractivity contribution in [1.82, 2.24) is 0 Å². The summed E-state index contributed by atoms with van der Waals surface area (Å²) in [6.45, 7) is 4.43. The van der Waals surface area contributed by atoms with Crippen molar-refractivity contribution in [3.05, 3.63) is 27.8 Å². The molecule has 0 saturated carbocycles. The quantitative estimate of drug-likeness (QED) is 0.829. The third kappa shape index (κ3) is 3.55. The van der Waals surface area contributed by atoms with Gasteiger partial charge in [-0.2, -0.15) is 0 Å². The second-order valence-corrected chi connectivity index (χ2v) is 4.41. The fourth-order valence-electron chi connectivity index (χ4n) is 1.31. The molecule has 0 aliphatic carbocycles. The molecule has 0 radical (unpaired) electrons. The molecule has 0 atom stereocenters. The molecule has 0 amide bonds. The van der Waals surface area contributed by atoms with Gasteiger partial charge < -0.3 is 5.32 Å². The van der Waals surface area contributed by atoms with Gasteiger partial charge in [0.2, 0.25) is 0 Å². The number of benzene rings is 1. The van der Waals surface area contributed by atoms with Crippen LogP contribution in [0.25, 0.3) is 0 Å². The number of hydrogen-bond donors (Lipinski definition) is 1. The Bertz CT molecular complexity index is 256. The maximum absolute atomic E-state index is 3.51. The molecule has 2 heteroatoms. The molecule has 72 valence electrons. The maximum atomic E-state index is 3.51. The minimum atomic E-state index is 0.609. The van der Waals surface area contributed by atoms with Crippen molar-refractivity contribution in [2.75, 3.05) is 5.32 Å². The van der Waals surface area contributed by atoms with Gasteiger partial charge in [0, 0.05) is 15.3 Å². The number of halogens is 1. The van der Waals surface area contributed by atoms with E-state index in [-0.39, 0.29) is 0 Å². The van der Waals surface area contributed by atoms with Crippen LogP contribution in [0.1, 0.15) is 26.7 Å². The fraction of sp³-hybridized carbons (Fsp3) is 0.455. The third-order valence-corrected chi connectivity index (χ3v) is 2.85. The van der Waals surface area contributed by atoms with Gasteiger partial charge in [-0.15, -0.1) is 0 Å². The molecule has 0 bridgehead atoms. The second-order valence-electron chi connectivity index (χ2n) is 3.17. The lowest BCUT2D eigenvalue weighted by Gasteiger charge is -2.16. The van der Waals surface area contributed by atoms with Gasteiger partial charge in [-0.05, 0) is 53.6 Å². The van der Waals surface area contributed by atoms with Gasteiger partial charge in [0.25, 0.3) is 0 Å². The summed E-state index contributed by atoms with van der Waals surface area (Å²) in [6, 6.07) is 9.11. The van der Waals surface area contributed by atoms with E-state index in [1.165, 1.54) is 22.1 Å². The highest BCUT2D eigenvalue weighted by Crippen LogP contribution is 2.15. The van der Waals surface area contributed by atoms with Gasteiger partial charge in [-0.25, -0.2) is 0 Å². The Morgan fingerprint density at radius 1 is 1.31 bits per heavy atom. The van der Waals surface area contributed by atoms with Crippen LogP contribution < -0.4 is 5.32 Å². The minimum Gasteiger partial charge on any atom is -0.382 e. The summed E-state index contributed by atoms with van der Waals surface area (Å²) in [5.74, 6) is 0. The van der Waals surface area contributed by atoms with Crippen molar-refractivity contribution >= 4 is 28.3 Å². The zero-order valence-electron chi connectivity index (χ0n) is 8.18. The summed E-state index contributed by atoms with van der Waals surface area (Å²) >= 11 is 2.34. The Balaban J connectivity index is 2.62. The Kier molecular flexibility index (Phi) is 4.56. The average molecular weight is 289 g/mol. The molecule has 1 aromatic carbocycles. The van der Waals surface area contributed by atoms with Gasteiger partial charge in [0.05, 0.1) is 0 Å². The molecule has 0 spiro atoms. The predicted molar refractivity (Wildman–Crippen MR) is 67.2 cm³/mol. The van der Waals surface area contributed by atoms with Gasteiger partial charge in [0.15, 0.2) is 0 Å². The molecule has 0 aromatic heterocycles. The molecule has 1 aromatic rings. The first kappa shape index (κ1) is 10.8. The summed E-state index contributed by atoms with van der Waals surface area (Å²) in [5.41, 5.74) is 1.24. The third-order valence-electron chi connectivity index (χ3n) is 2.18. The molecule has 13 heavy (non-hydrogen) atoms. The zero-order chi connectivity index (χ0) is 9.68. The standard InChI is InChI=1S/C11H16IN/c1-3-10(4-2)13-11-7-5-6-9(12)8-11/h5-8,10,13H,3-4H2,1-2H3. The van der Waals surface area contributed by atoms with E-state index >= 15 is 0 Å². The first-order valence-electron chi connectivity index (χ1n) is 4.78. The normalized spacial score (nSPS) is 10.5. The van der Waals surface area contributed by atoms with Crippen LogP contribution in [0, 0.1) is 3.57 Å². The molecule has 0 aliphatic heterocycles. The molecule has 0 saturated heterocycles. The summed E-state index contributed by atoms with van der Waals surface area (Å²) in [7, 11) is 0. The van der Waals surface area contributed by atoms with Crippen LogP contribution in [0.4, 0.5) is 5.69 Å². The highest BCUT2D eigenvalue weighted by atomic mass is 127. The molecule has 0 aliphatic rings. The Morgan fingerprint density at radius 2 is 2.00 bits per heavy atom. The van der Waals surface area contributed by atoms with E-state index in [9.17, 15) is 0 Å². The Morgan fingerprint density at radius 3 is 2.54 bits per heavy atom. The van der Waals surface area contributed by atoms with Crippen molar-refractivity contribution < 1.29 is 0 Å². The van der Waals surface area contributed by atoms with E-state index in [1.54, 1.807) is 0 Å². The van der Waals surface area contributed by atoms with Crippen LogP contribution in [-0.2, 0) is 0 Å². The fourth-order valence-corrected chi connectivity index (χ4v) is 1.85. The van der Waals surface area contributed by atoms with Gasteiger partial charge in [-0.3, -0.25) is 0 Å². The predicted octanol–water partition coefficient (Wildman–Crippen LogP) is 3.89. The summed E-state index contributed by atoms with van der Waals surface area (Å²) < 4.78 is 1.29. The molecular formula is C11H16IN. The SMILES string of the molecule is CCC(CC)Nc1cccc(I)c1. The number of nitrogens with one attached hydrogen (secondary N) is 1. The topological polar surface area (TPSA) is 12.0 Å². The van der Waals surface area contributed by atoms with E-state index in [0.29, 0.717) is 6.04 Å². The molecule has 1 nitrogen and oxygen atoms in total. The molecule has 1 N–H and O–H groups in total. The smallest absolute Gasteiger partial charge is 0.0352 e. The van der Waals surface area contributed by atoms with Crippen LogP contribution in [0.3, 0.4) is 0 Å². The van der Waals surface area contributed by atoms with Gasteiger partial charge >= 0.3 is 0 Å². The lowest BCUT2D eigenvalue weighted by Crippen LogP contribution is -2.16. The van der Waals surface area contributed by atoms with E-state index in [2.05, 4.69) is 66.0 Å². The van der Waals surface area contributed by atoms with Crippen LogP contribution in [0.15, 0.2) is 24.3 Å². The monoisotopic (exact) mass is 289 g/mol. The number of hydrogen-bond acceptors (Lipinski definition) is 1. The first-order valence-corrected chi connectivity index (χ1v) is 5.86. The van der Waals surface area contributed by atoms with E-state index in [1.807, 2.05) is 0 Å². The molecular weight excluding hydrogens is 273 g/mol. The van der Waals surface area contributed by atoms with Crippen LogP contribution in [0.2, 0.25) is 0 Å². The molecule has 1 rings (SSSR count). The van der Waals surface area contributed by atoms with Crippen LogP contribution in [0.5, 0.6) is 0 Å². The Hall–Kier alpha value is -0.250. The average Bonchev–Trinajstić information content (AvgIpc) is 2.14. The van der Waals surface area contributed by atoms with Crippen molar-refractivity contribution in [3.8, 4) is 0 Å². The van der Waals surface area contributed by atoms with Gasteiger partial charge in [0.1, 0.15) is 0 Å². The number of anilines is 1. The summed E-state index contributed by atoms with van der Waals surface area (Å²) in [4.78, 5) is 0. The lowest BCUT2D eigenvalue weighted by atomic mass is 10.1. The zero-order valence-corrected chi connectivity index (χ0v) is 10.3. The number of rotatable bonds is 4. The first-order chi connectivity index (χ1) is 6.26. The molecule has 0 unspecified atom stereocenters. The van der Waals surface area contributed by atoms with Crippen molar-refractivity contribution in [2.24, 2.45) is 0 Å². The lowest BCUT2D eigenvalue weighted by molar-refractivity contribution is 0.672. The van der Waals surface area contributed by atoms with E-state index in [0.717, 1.165) is 0 Å². The minimum absolute atomic E-state index is 0.609. The largest absolute Gasteiger partial charge is 0.382 e. The molecule has 0 fully saturated rings. The van der Waals surface area contributed by atoms with E-state index < -0.39 is 0 Å². The van der Waals surface area contributed by atoms with Crippen molar-refractivity contribution in [2.45, 2.75) is 32.7 Å². The van der Waals surface area contributed by atoms with E-state index in [4.69, 9.17) is 0 Å². The Labute approximate surface area is 94.1 Å². The van der Waals surface area contributed by atoms with Crippen LogP contribution in [-0.4, -0.2) is 6.04 Å². The maximum Gasteiger partial charge on any atom is 0.0352 e.